The molecule has 0 bridgehead atoms. The standard InChI is InChI=1S/C15H16ClNO/c1-11(14-8-3-4-9-15(14)18-2)17-13-7-5-6-12(16)10-13/h3-11,17H,1-2H3. The molecule has 0 amide bonds. The number of ether oxygens (including phenoxy) is 1. The van der Waals surface area contributed by atoms with Crippen LogP contribution >= 0.6 is 11.6 Å². The van der Waals surface area contributed by atoms with E-state index in [2.05, 4.69) is 18.3 Å². The van der Waals surface area contributed by atoms with Crippen molar-refractivity contribution in [2.75, 3.05) is 12.4 Å². The van der Waals surface area contributed by atoms with Gasteiger partial charge in [-0.3, -0.25) is 0 Å². The first kappa shape index (κ1) is 12.8. The number of para-hydroxylation sites is 1. The average molecular weight is 262 g/mol. The van der Waals surface area contributed by atoms with E-state index in [0.29, 0.717) is 0 Å². The van der Waals surface area contributed by atoms with Gasteiger partial charge in [0.25, 0.3) is 0 Å². The summed E-state index contributed by atoms with van der Waals surface area (Å²) < 4.78 is 5.36. The summed E-state index contributed by atoms with van der Waals surface area (Å²) in [5.74, 6) is 0.888. The van der Waals surface area contributed by atoms with E-state index in [1.54, 1.807) is 7.11 Å². The highest BCUT2D eigenvalue weighted by Gasteiger charge is 2.10. The Morgan fingerprint density at radius 3 is 2.61 bits per heavy atom. The monoisotopic (exact) mass is 261 g/mol. The first-order chi connectivity index (χ1) is 8.70. The summed E-state index contributed by atoms with van der Waals surface area (Å²) in [5, 5.41) is 4.14. The molecule has 0 spiro atoms. The third kappa shape index (κ3) is 2.96. The predicted octanol–water partition coefficient (Wildman–Crippen LogP) is 4.52. The number of benzene rings is 2. The number of hydrogen-bond acceptors (Lipinski definition) is 2. The van der Waals surface area contributed by atoms with Crippen molar-refractivity contribution in [3.05, 3.63) is 59.1 Å². The Morgan fingerprint density at radius 2 is 1.89 bits per heavy atom. The van der Waals surface area contributed by atoms with Crippen molar-refractivity contribution in [2.24, 2.45) is 0 Å². The van der Waals surface area contributed by atoms with Gasteiger partial charge in [0.2, 0.25) is 0 Å². The number of nitrogens with one attached hydrogen (secondary N) is 1. The molecule has 0 heterocycles. The molecule has 2 aromatic carbocycles. The van der Waals surface area contributed by atoms with Crippen LogP contribution in [0.3, 0.4) is 0 Å². The fraction of sp³-hybridized carbons (Fsp3) is 0.200. The van der Waals surface area contributed by atoms with Crippen molar-refractivity contribution in [1.29, 1.82) is 0 Å². The number of methoxy groups -OCH3 is 1. The highest BCUT2D eigenvalue weighted by molar-refractivity contribution is 6.30. The minimum atomic E-state index is 0.152. The maximum absolute atomic E-state index is 5.97. The molecular weight excluding hydrogens is 246 g/mol. The minimum Gasteiger partial charge on any atom is -0.496 e. The molecule has 18 heavy (non-hydrogen) atoms. The molecule has 0 radical (unpaired) electrons. The van der Waals surface area contributed by atoms with Gasteiger partial charge in [-0.2, -0.15) is 0 Å². The van der Waals surface area contributed by atoms with Crippen LogP contribution in [0.25, 0.3) is 0 Å². The maximum atomic E-state index is 5.97. The fourth-order valence-corrected chi connectivity index (χ4v) is 2.12. The van der Waals surface area contributed by atoms with Gasteiger partial charge >= 0.3 is 0 Å². The number of anilines is 1. The van der Waals surface area contributed by atoms with E-state index in [-0.39, 0.29) is 6.04 Å². The summed E-state index contributed by atoms with van der Waals surface area (Å²) >= 11 is 5.97. The van der Waals surface area contributed by atoms with Crippen molar-refractivity contribution < 1.29 is 4.74 Å². The Labute approximate surface area is 113 Å². The molecule has 0 saturated heterocycles. The lowest BCUT2D eigenvalue weighted by atomic mass is 10.1. The van der Waals surface area contributed by atoms with E-state index in [0.717, 1.165) is 22.0 Å². The molecular formula is C15H16ClNO. The van der Waals surface area contributed by atoms with Crippen LogP contribution in [0.4, 0.5) is 5.69 Å². The van der Waals surface area contributed by atoms with Gasteiger partial charge in [0.05, 0.1) is 13.2 Å². The van der Waals surface area contributed by atoms with Gasteiger partial charge in [-0.05, 0) is 31.2 Å². The molecule has 0 aromatic heterocycles. The Bertz CT molecular complexity index is 527. The summed E-state index contributed by atoms with van der Waals surface area (Å²) in [6.45, 7) is 2.10. The molecule has 0 aliphatic heterocycles. The van der Waals surface area contributed by atoms with Gasteiger partial charge in [-0.1, -0.05) is 35.9 Å². The van der Waals surface area contributed by atoms with E-state index in [1.807, 2.05) is 42.5 Å². The molecule has 1 unspecified atom stereocenters. The second kappa shape index (κ2) is 5.78. The third-order valence-corrected chi connectivity index (χ3v) is 3.05. The van der Waals surface area contributed by atoms with Crippen LogP contribution < -0.4 is 10.1 Å². The van der Waals surface area contributed by atoms with Crippen molar-refractivity contribution in [1.82, 2.24) is 0 Å². The van der Waals surface area contributed by atoms with Gasteiger partial charge in [0.15, 0.2) is 0 Å². The molecule has 2 nitrogen and oxygen atoms in total. The van der Waals surface area contributed by atoms with Crippen molar-refractivity contribution in [3.8, 4) is 5.75 Å². The molecule has 3 heteroatoms. The smallest absolute Gasteiger partial charge is 0.124 e. The summed E-state index contributed by atoms with van der Waals surface area (Å²) in [5.41, 5.74) is 2.13. The third-order valence-electron chi connectivity index (χ3n) is 2.81. The fourth-order valence-electron chi connectivity index (χ4n) is 1.93. The molecule has 1 N–H and O–H groups in total. The van der Waals surface area contributed by atoms with E-state index in [9.17, 15) is 0 Å². The Balaban J connectivity index is 2.19. The minimum absolute atomic E-state index is 0.152. The molecule has 94 valence electrons. The zero-order valence-electron chi connectivity index (χ0n) is 10.5. The van der Waals surface area contributed by atoms with E-state index < -0.39 is 0 Å². The Morgan fingerprint density at radius 1 is 1.11 bits per heavy atom. The second-order valence-electron chi connectivity index (χ2n) is 4.12. The van der Waals surface area contributed by atoms with Gasteiger partial charge in [0.1, 0.15) is 5.75 Å². The van der Waals surface area contributed by atoms with Crippen molar-refractivity contribution in [3.63, 3.8) is 0 Å². The van der Waals surface area contributed by atoms with Crippen molar-refractivity contribution >= 4 is 17.3 Å². The SMILES string of the molecule is COc1ccccc1C(C)Nc1cccc(Cl)c1. The zero-order chi connectivity index (χ0) is 13.0. The number of rotatable bonds is 4. The van der Waals surface area contributed by atoms with Crippen LogP contribution in [-0.2, 0) is 0 Å². The molecule has 1 atom stereocenters. The lowest BCUT2D eigenvalue weighted by Crippen LogP contribution is -2.07. The van der Waals surface area contributed by atoms with Gasteiger partial charge < -0.3 is 10.1 Å². The summed E-state index contributed by atoms with van der Waals surface area (Å²) in [6.07, 6.45) is 0. The Hall–Kier alpha value is -1.67. The lowest BCUT2D eigenvalue weighted by molar-refractivity contribution is 0.408. The van der Waals surface area contributed by atoms with Crippen LogP contribution in [0.1, 0.15) is 18.5 Å². The molecule has 0 aliphatic rings. The van der Waals surface area contributed by atoms with Gasteiger partial charge in [-0.25, -0.2) is 0 Å². The van der Waals surface area contributed by atoms with E-state index >= 15 is 0 Å². The van der Waals surface area contributed by atoms with E-state index in [1.165, 1.54) is 0 Å². The quantitative estimate of drug-likeness (QED) is 0.874. The first-order valence-electron chi connectivity index (χ1n) is 5.85. The topological polar surface area (TPSA) is 21.3 Å². The number of hydrogen-bond donors (Lipinski definition) is 1. The number of halogens is 1. The van der Waals surface area contributed by atoms with E-state index in [4.69, 9.17) is 16.3 Å². The summed E-state index contributed by atoms with van der Waals surface area (Å²) in [4.78, 5) is 0. The summed E-state index contributed by atoms with van der Waals surface area (Å²) in [6, 6.07) is 15.8. The molecule has 0 fully saturated rings. The van der Waals surface area contributed by atoms with Crippen LogP contribution in [0.15, 0.2) is 48.5 Å². The largest absolute Gasteiger partial charge is 0.496 e. The first-order valence-corrected chi connectivity index (χ1v) is 6.23. The van der Waals surface area contributed by atoms with Crippen LogP contribution in [-0.4, -0.2) is 7.11 Å². The molecule has 0 aliphatic carbocycles. The molecule has 2 rings (SSSR count). The maximum Gasteiger partial charge on any atom is 0.124 e. The van der Waals surface area contributed by atoms with Gasteiger partial charge in [0, 0.05) is 16.3 Å². The molecule has 0 saturated carbocycles. The van der Waals surface area contributed by atoms with Crippen molar-refractivity contribution in [2.45, 2.75) is 13.0 Å². The second-order valence-corrected chi connectivity index (χ2v) is 4.55. The van der Waals surface area contributed by atoms with Crippen LogP contribution in [0, 0.1) is 0 Å². The van der Waals surface area contributed by atoms with Crippen LogP contribution in [0.2, 0.25) is 5.02 Å². The predicted molar refractivity (Wildman–Crippen MR) is 76.5 cm³/mol. The summed E-state index contributed by atoms with van der Waals surface area (Å²) in [7, 11) is 1.69. The highest BCUT2D eigenvalue weighted by atomic mass is 35.5. The van der Waals surface area contributed by atoms with Gasteiger partial charge in [-0.15, -0.1) is 0 Å². The average Bonchev–Trinajstić information content (AvgIpc) is 2.38. The normalized spacial score (nSPS) is 11.9. The lowest BCUT2D eigenvalue weighted by Gasteiger charge is -2.18. The Kier molecular flexibility index (Phi) is 4.11. The van der Waals surface area contributed by atoms with Crippen LogP contribution in [0.5, 0.6) is 5.75 Å². The zero-order valence-corrected chi connectivity index (χ0v) is 11.2. The molecule has 2 aromatic rings. The highest BCUT2D eigenvalue weighted by Crippen LogP contribution is 2.28.